The van der Waals surface area contributed by atoms with Crippen molar-refractivity contribution < 1.29 is 0 Å². The topological polar surface area (TPSA) is 35.8 Å². The highest BCUT2D eigenvalue weighted by molar-refractivity contribution is 5.58. The first-order chi connectivity index (χ1) is 8.30. The highest BCUT2D eigenvalue weighted by Gasteiger charge is 2.64. The second kappa shape index (κ2) is 4.02. The van der Waals surface area contributed by atoms with Crippen molar-refractivity contribution in [2.24, 2.45) is 16.7 Å². The van der Waals surface area contributed by atoms with Gasteiger partial charge in [-0.05, 0) is 41.4 Å². The molecule has 0 saturated heterocycles. The molecular weight excluding hydrogens is 220 g/mol. The van der Waals surface area contributed by atoms with E-state index in [2.05, 4.69) is 39.1 Å². The van der Waals surface area contributed by atoms with Gasteiger partial charge in [0.05, 0.1) is 11.3 Å². The molecule has 2 rings (SSSR count). The first-order valence-electron chi connectivity index (χ1n) is 6.55. The van der Waals surface area contributed by atoms with E-state index in [1.165, 1.54) is 0 Å². The minimum absolute atomic E-state index is 0.386. The van der Waals surface area contributed by atoms with E-state index in [1.54, 1.807) is 0 Å². The Morgan fingerprint density at radius 2 is 1.83 bits per heavy atom. The number of hydrogen-bond acceptors (Lipinski definition) is 2. The molecule has 18 heavy (non-hydrogen) atoms. The van der Waals surface area contributed by atoms with Crippen LogP contribution in [0.2, 0.25) is 0 Å². The van der Waals surface area contributed by atoms with Crippen LogP contribution in [0.5, 0.6) is 0 Å². The molecule has 1 fully saturated rings. The lowest BCUT2D eigenvalue weighted by molar-refractivity contribution is 0.457. The molecule has 1 aromatic rings. The third kappa shape index (κ3) is 1.88. The van der Waals surface area contributed by atoms with Crippen molar-refractivity contribution in [3.63, 3.8) is 0 Å². The molecule has 0 aromatic heterocycles. The van der Waals surface area contributed by atoms with E-state index in [1.807, 2.05) is 25.1 Å². The van der Waals surface area contributed by atoms with Crippen molar-refractivity contribution in [2.75, 3.05) is 11.9 Å². The Labute approximate surface area is 110 Å². The van der Waals surface area contributed by atoms with Crippen molar-refractivity contribution in [1.29, 1.82) is 5.26 Å². The van der Waals surface area contributed by atoms with Gasteiger partial charge in [0.15, 0.2) is 0 Å². The van der Waals surface area contributed by atoms with Gasteiger partial charge in [0.2, 0.25) is 0 Å². The Morgan fingerprint density at radius 3 is 2.33 bits per heavy atom. The Kier molecular flexibility index (Phi) is 2.89. The monoisotopic (exact) mass is 242 g/mol. The van der Waals surface area contributed by atoms with Gasteiger partial charge in [0.25, 0.3) is 0 Å². The molecule has 1 saturated carbocycles. The van der Waals surface area contributed by atoms with Crippen LogP contribution in [-0.4, -0.2) is 6.54 Å². The average molecular weight is 242 g/mol. The van der Waals surface area contributed by atoms with Crippen LogP contribution in [0.4, 0.5) is 5.69 Å². The van der Waals surface area contributed by atoms with Gasteiger partial charge in [-0.2, -0.15) is 5.26 Å². The van der Waals surface area contributed by atoms with Gasteiger partial charge in [-0.1, -0.05) is 33.8 Å². The quantitative estimate of drug-likeness (QED) is 0.870. The number of nitrogens with one attached hydrogen (secondary N) is 1. The number of nitriles is 1. The molecule has 0 spiro atoms. The zero-order valence-electron chi connectivity index (χ0n) is 12.0. The molecule has 1 aliphatic carbocycles. The van der Waals surface area contributed by atoms with E-state index >= 15 is 0 Å². The smallest absolute Gasteiger partial charge is 0.101 e. The minimum atomic E-state index is 0.386. The number of aryl methyl sites for hydroxylation is 1. The van der Waals surface area contributed by atoms with E-state index in [4.69, 9.17) is 5.26 Å². The second-order valence-electron chi connectivity index (χ2n) is 6.54. The van der Waals surface area contributed by atoms with Crippen molar-refractivity contribution >= 4 is 5.69 Å². The Bertz CT molecular complexity index is 492. The predicted octanol–water partition coefficient (Wildman–Crippen LogP) is 3.96. The summed E-state index contributed by atoms with van der Waals surface area (Å²) in [5.41, 5.74) is 3.60. The van der Waals surface area contributed by atoms with E-state index in [9.17, 15) is 0 Å². The fraction of sp³-hybridized carbons (Fsp3) is 0.562. The maximum Gasteiger partial charge on any atom is 0.101 e. The summed E-state index contributed by atoms with van der Waals surface area (Å²) >= 11 is 0. The number of rotatable bonds is 3. The van der Waals surface area contributed by atoms with E-state index in [0.29, 0.717) is 16.7 Å². The van der Waals surface area contributed by atoms with Gasteiger partial charge < -0.3 is 5.32 Å². The van der Waals surface area contributed by atoms with Gasteiger partial charge in [0, 0.05) is 6.54 Å². The molecule has 2 heteroatoms. The number of nitrogens with zero attached hydrogens (tertiary/aromatic N) is 1. The van der Waals surface area contributed by atoms with Crippen molar-refractivity contribution in [3.8, 4) is 6.07 Å². The number of hydrogen-bond donors (Lipinski definition) is 1. The molecule has 0 bridgehead atoms. The maximum absolute atomic E-state index is 9.14. The fourth-order valence-electron chi connectivity index (χ4n) is 2.96. The fourth-order valence-corrected chi connectivity index (χ4v) is 2.96. The lowest BCUT2D eigenvalue weighted by Gasteiger charge is -2.10. The van der Waals surface area contributed by atoms with Crippen molar-refractivity contribution in [1.82, 2.24) is 0 Å². The van der Waals surface area contributed by atoms with Gasteiger partial charge in [-0.3, -0.25) is 0 Å². The summed E-state index contributed by atoms with van der Waals surface area (Å²) in [4.78, 5) is 0. The first kappa shape index (κ1) is 13.0. The highest BCUT2D eigenvalue weighted by atomic mass is 14.9. The largest absolute Gasteiger partial charge is 0.384 e. The van der Waals surface area contributed by atoms with Crippen molar-refractivity contribution in [2.45, 2.75) is 34.6 Å². The third-order valence-corrected chi connectivity index (χ3v) is 5.11. The van der Waals surface area contributed by atoms with E-state index in [-0.39, 0.29) is 0 Å². The molecule has 0 atom stereocenters. The Hall–Kier alpha value is -1.49. The lowest BCUT2D eigenvalue weighted by atomic mass is 10.0. The number of anilines is 1. The van der Waals surface area contributed by atoms with Crippen LogP contribution in [0.15, 0.2) is 18.2 Å². The lowest BCUT2D eigenvalue weighted by Crippen LogP contribution is -2.09. The number of benzene rings is 1. The van der Waals surface area contributed by atoms with Crippen LogP contribution in [0.3, 0.4) is 0 Å². The molecule has 1 N–H and O–H groups in total. The summed E-state index contributed by atoms with van der Waals surface area (Å²) in [5.74, 6) is 0.665. The Morgan fingerprint density at radius 1 is 1.22 bits per heavy atom. The van der Waals surface area contributed by atoms with Crippen LogP contribution in [0.25, 0.3) is 0 Å². The van der Waals surface area contributed by atoms with Crippen LogP contribution in [0, 0.1) is 35.0 Å². The van der Waals surface area contributed by atoms with E-state index in [0.717, 1.165) is 23.4 Å². The summed E-state index contributed by atoms with van der Waals surface area (Å²) in [6, 6.07) is 8.25. The predicted molar refractivity (Wildman–Crippen MR) is 75.4 cm³/mol. The zero-order valence-corrected chi connectivity index (χ0v) is 12.0. The zero-order chi connectivity index (χ0) is 13.6. The molecule has 0 unspecified atom stereocenters. The third-order valence-electron chi connectivity index (χ3n) is 5.11. The van der Waals surface area contributed by atoms with Crippen LogP contribution in [0.1, 0.15) is 38.8 Å². The summed E-state index contributed by atoms with van der Waals surface area (Å²) in [7, 11) is 0. The first-order valence-corrected chi connectivity index (χ1v) is 6.55. The maximum atomic E-state index is 9.14. The normalized spacial score (nSPS) is 20.2. The Balaban J connectivity index is 2.07. The van der Waals surface area contributed by atoms with Crippen LogP contribution in [-0.2, 0) is 0 Å². The summed E-state index contributed by atoms with van der Waals surface area (Å²) in [6.45, 7) is 12.2. The van der Waals surface area contributed by atoms with E-state index < -0.39 is 0 Å². The van der Waals surface area contributed by atoms with Gasteiger partial charge in [0.1, 0.15) is 6.07 Å². The SMILES string of the molecule is Cc1ccc(NCC2C(C)(C)C2(C)C)c(C#N)c1. The van der Waals surface area contributed by atoms with Gasteiger partial charge in [-0.25, -0.2) is 0 Å². The molecule has 2 nitrogen and oxygen atoms in total. The molecule has 0 amide bonds. The van der Waals surface area contributed by atoms with Crippen LogP contribution >= 0.6 is 0 Å². The van der Waals surface area contributed by atoms with Crippen molar-refractivity contribution in [3.05, 3.63) is 29.3 Å². The second-order valence-corrected chi connectivity index (χ2v) is 6.54. The molecule has 0 heterocycles. The van der Waals surface area contributed by atoms with Gasteiger partial charge >= 0.3 is 0 Å². The molecule has 96 valence electrons. The van der Waals surface area contributed by atoms with Gasteiger partial charge in [-0.15, -0.1) is 0 Å². The summed E-state index contributed by atoms with van der Waals surface area (Å²) < 4.78 is 0. The highest BCUT2D eigenvalue weighted by Crippen LogP contribution is 2.68. The summed E-state index contributed by atoms with van der Waals surface area (Å²) in [6.07, 6.45) is 0. The molecule has 1 aromatic carbocycles. The molecular formula is C16H22N2. The average Bonchev–Trinajstić information content (AvgIpc) is 2.68. The molecule has 0 aliphatic heterocycles. The van der Waals surface area contributed by atoms with Crippen LogP contribution < -0.4 is 5.32 Å². The molecule has 0 radical (unpaired) electrons. The standard InChI is InChI=1S/C16H22N2/c1-11-6-7-13(12(8-11)9-17)18-10-14-15(2,3)16(14,4)5/h6-8,14,18H,10H2,1-5H3. The minimum Gasteiger partial charge on any atom is -0.384 e. The summed E-state index contributed by atoms with van der Waals surface area (Å²) in [5, 5.41) is 12.6. The molecule has 1 aliphatic rings.